The van der Waals surface area contributed by atoms with Gasteiger partial charge >= 0.3 is 0 Å². The molecule has 0 atom stereocenters. The monoisotopic (exact) mass is 259 g/mol. The van der Waals surface area contributed by atoms with Crippen molar-refractivity contribution in [1.82, 2.24) is 4.98 Å². The van der Waals surface area contributed by atoms with Crippen molar-refractivity contribution in [2.45, 2.75) is 0 Å². The van der Waals surface area contributed by atoms with Gasteiger partial charge in [0.15, 0.2) is 11.5 Å². The standard InChI is InChI=1S/C13H13N3O3/c1-18-12-6-8(14)2-3-11(12)19-9-4-5-16-10(7-9)13(15)17/h2-7H,14H2,1H3,(H2,15,17). The van der Waals surface area contributed by atoms with Crippen LogP contribution < -0.4 is 20.9 Å². The molecule has 4 N–H and O–H groups in total. The zero-order valence-electron chi connectivity index (χ0n) is 10.3. The summed E-state index contributed by atoms with van der Waals surface area (Å²) in [5.41, 5.74) is 11.5. The smallest absolute Gasteiger partial charge is 0.267 e. The molecule has 2 aromatic rings. The number of carbonyl (C=O) groups is 1. The number of hydrogen-bond acceptors (Lipinski definition) is 5. The van der Waals surface area contributed by atoms with E-state index in [4.69, 9.17) is 20.9 Å². The minimum Gasteiger partial charge on any atom is -0.493 e. The number of anilines is 1. The van der Waals surface area contributed by atoms with Crippen LogP contribution in [-0.2, 0) is 0 Å². The molecule has 2 rings (SSSR count). The number of pyridine rings is 1. The SMILES string of the molecule is COc1cc(N)ccc1Oc1ccnc(C(N)=O)c1. The van der Waals surface area contributed by atoms with Crippen molar-refractivity contribution in [2.24, 2.45) is 5.73 Å². The molecule has 0 saturated heterocycles. The quantitative estimate of drug-likeness (QED) is 0.811. The predicted octanol–water partition coefficient (Wildman–Crippen LogP) is 1.56. The number of rotatable bonds is 4. The van der Waals surface area contributed by atoms with E-state index in [0.717, 1.165) is 0 Å². The molecular weight excluding hydrogens is 246 g/mol. The third-order valence-electron chi connectivity index (χ3n) is 2.40. The van der Waals surface area contributed by atoms with E-state index in [1.165, 1.54) is 19.4 Å². The zero-order valence-corrected chi connectivity index (χ0v) is 10.3. The van der Waals surface area contributed by atoms with E-state index in [2.05, 4.69) is 4.98 Å². The highest BCUT2D eigenvalue weighted by Crippen LogP contribution is 2.32. The molecule has 0 radical (unpaired) electrons. The second-order valence-corrected chi connectivity index (χ2v) is 3.75. The number of nitrogens with zero attached hydrogens (tertiary/aromatic N) is 1. The van der Waals surface area contributed by atoms with E-state index in [0.29, 0.717) is 22.9 Å². The van der Waals surface area contributed by atoms with Crippen LogP contribution in [0.4, 0.5) is 5.69 Å². The fourth-order valence-electron chi connectivity index (χ4n) is 1.50. The molecule has 0 aliphatic carbocycles. The first-order valence-electron chi connectivity index (χ1n) is 5.47. The third kappa shape index (κ3) is 2.92. The second kappa shape index (κ2) is 5.26. The van der Waals surface area contributed by atoms with Crippen molar-refractivity contribution >= 4 is 11.6 Å². The number of nitrogen functional groups attached to an aromatic ring is 1. The number of benzene rings is 1. The Balaban J connectivity index is 2.30. The summed E-state index contributed by atoms with van der Waals surface area (Å²) in [6.07, 6.45) is 1.44. The maximum Gasteiger partial charge on any atom is 0.267 e. The summed E-state index contributed by atoms with van der Waals surface area (Å²) < 4.78 is 10.8. The van der Waals surface area contributed by atoms with Gasteiger partial charge in [-0.3, -0.25) is 9.78 Å². The van der Waals surface area contributed by atoms with E-state index in [1.807, 2.05) is 0 Å². The Labute approximate surface area is 110 Å². The van der Waals surface area contributed by atoms with Gasteiger partial charge in [-0.15, -0.1) is 0 Å². The van der Waals surface area contributed by atoms with E-state index in [-0.39, 0.29) is 5.69 Å². The fourth-order valence-corrected chi connectivity index (χ4v) is 1.50. The molecule has 6 heteroatoms. The summed E-state index contributed by atoms with van der Waals surface area (Å²) in [5.74, 6) is 0.803. The molecule has 1 amide bonds. The Kier molecular flexibility index (Phi) is 3.51. The van der Waals surface area contributed by atoms with Crippen molar-refractivity contribution in [3.8, 4) is 17.2 Å². The number of nitrogens with two attached hydrogens (primary N) is 2. The molecule has 0 aliphatic heterocycles. The van der Waals surface area contributed by atoms with Gasteiger partial charge < -0.3 is 20.9 Å². The lowest BCUT2D eigenvalue weighted by Gasteiger charge is -2.11. The van der Waals surface area contributed by atoms with E-state index >= 15 is 0 Å². The molecule has 0 saturated carbocycles. The Morgan fingerprint density at radius 3 is 2.68 bits per heavy atom. The van der Waals surface area contributed by atoms with E-state index < -0.39 is 5.91 Å². The van der Waals surface area contributed by atoms with Gasteiger partial charge in [-0.25, -0.2) is 0 Å². The Morgan fingerprint density at radius 1 is 1.21 bits per heavy atom. The van der Waals surface area contributed by atoms with Crippen LogP contribution in [0.1, 0.15) is 10.5 Å². The van der Waals surface area contributed by atoms with Crippen LogP contribution in [0.3, 0.4) is 0 Å². The number of aromatic nitrogens is 1. The molecule has 0 unspecified atom stereocenters. The minimum absolute atomic E-state index is 0.131. The largest absolute Gasteiger partial charge is 0.493 e. The molecule has 1 heterocycles. The maximum absolute atomic E-state index is 11.0. The first kappa shape index (κ1) is 12.7. The minimum atomic E-state index is -0.616. The van der Waals surface area contributed by atoms with Crippen LogP contribution in [-0.4, -0.2) is 18.0 Å². The highest BCUT2D eigenvalue weighted by atomic mass is 16.5. The van der Waals surface area contributed by atoms with Crippen LogP contribution >= 0.6 is 0 Å². The molecule has 98 valence electrons. The number of hydrogen-bond donors (Lipinski definition) is 2. The first-order chi connectivity index (χ1) is 9.10. The van der Waals surface area contributed by atoms with Gasteiger partial charge in [-0.1, -0.05) is 0 Å². The lowest BCUT2D eigenvalue weighted by Crippen LogP contribution is -2.12. The summed E-state index contributed by atoms with van der Waals surface area (Å²) in [6.45, 7) is 0. The highest BCUT2D eigenvalue weighted by Gasteiger charge is 2.08. The number of carbonyl (C=O) groups excluding carboxylic acids is 1. The third-order valence-corrected chi connectivity index (χ3v) is 2.40. The normalized spacial score (nSPS) is 9.95. The number of primary amides is 1. The van der Waals surface area contributed by atoms with Gasteiger partial charge in [0.25, 0.3) is 5.91 Å². The number of ether oxygens (including phenoxy) is 2. The van der Waals surface area contributed by atoms with Gasteiger partial charge in [-0.05, 0) is 18.2 Å². The summed E-state index contributed by atoms with van der Waals surface area (Å²) in [4.78, 5) is 14.9. The average Bonchev–Trinajstić information content (AvgIpc) is 2.41. The van der Waals surface area contributed by atoms with Crippen LogP contribution in [0.5, 0.6) is 17.2 Å². The van der Waals surface area contributed by atoms with Gasteiger partial charge in [0.05, 0.1) is 7.11 Å². The highest BCUT2D eigenvalue weighted by molar-refractivity contribution is 5.91. The lowest BCUT2D eigenvalue weighted by atomic mass is 10.2. The molecule has 0 fully saturated rings. The van der Waals surface area contributed by atoms with Crippen molar-refractivity contribution < 1.29 is 14.3 Å². The zero-order chi connectivity index (χ0) is 13.8. The number of amides is 1. The molecular formula is C13H13N3O3. The molecule has 19 heavy (non-hydrogen) atoms. The van der Waals surface area contributed by atoms with Crippen LogP contribution in [0.2, 0.25) is 0 Å². The Hall–Kier alpha value is -2.76. The van der Waals surface area contributed by atoms with Crippen molar-refractivity contribution in [1.29, 1.82) is 0 Å². The van der Waals surface area contributed by atoms with Gasteiger partial charge in [-0.2, -0.15) is 0 Å². The lowest BCUT2D eigenvalue weighted by molar-refractivity contribution is 0.0995. The van der Waals surface area contributed by atoms with Crippen molar-refractivity contribution in [3.63, 3.8) is 0 Å². The predicted molar refractivity (Wildman–Crippen MR) is 70.2 cm³/mol. The summed E-state index contributed by atoms with van der Waals surface area (Å²) >= 11 is 0. The molecule has 0 aliphatic rings. The Morgan fingerprint density at radius 2 is 2.00 bits per heavy atom. The molecule has 1 aromatic heterocycles. The first-order valence-corrected chi connectivity index (χ1v) is 5.47. The Bertz CT molecular complexity index is 614. The summed E-state index contributed by atoms with van der Waals surface area (Å²) in [6, 6.07) is 8.08. The van der Waals surface area contributed by atoms with Crippen molar-refractivity contribution in [2.75, 3.05) is 12.8 Å². The molecule has 1 aromatic carbocycles. The summed E-state index contributed by atoms with van der Waals surface area (Å²) in [7, 11) is 1.52. The van der Waals surface area contributed by atoms with E-state index in [1.54, 1.807) is 24.3 Å². The maximum atomic E-state index is 11.0. The molecule has 0 spiro atoms. The summed E-state index contributed by atoms with van der Waals surface area (Å²) in [5, 5.41) is 0. The second-order valence-electron chi connectivity index (χ2n) is 3.75. The fraction of sp³-hybridized carbons (Fsp3) is 0.0769. The number of methoxy groups -OCH3 is 1. The topological polar surface area (TPSA) is 100 Å². The van der Waals surface area contributed by atoms with Crippen LogP contribution in [0, 0.1) is 0 Å². The van der Waals surface area contributed by atoms with Crippen LogP contribution in [0.15, 0.2) is 36.5 Å². The van der Waals surface area contributed by atoms with E-state index in [9.17, 15) is 4.79 Å². The average molecular weight is 259 g/mol. The van der Waals surface area contributed by atoms with Crippen LogP contribution in [0.25, 0.3) is 0 Å². The van der Waals surface area contributed by atoms with Gasteiger partial charge in [0.1, 0.15) is 11.4 Å². The van der Waals surface area contributed by atoms with Gasteiger partial charge in [0, 0.05) is 24.0 Å². The van der Waals surface area contributed by atoms with Gasteiger partial charge in [0.2, 0.25) is 0 Å². The van der Waals surface area contributed by atoms with Crippen molar-refractivity contribution in [3.05, 3.63) is 42.2 Å². The molecule has 6 nitrogen and oxygen atoms in total. The molecule has 0 bridgehead atoms.